The fourth-order valence-electron chi connectivity index (χ4n) is 4.19. The first-order chi connectivity index (χ1) is 13.2. The fraction of sp³-hybridized carbons (Fsp3) is 0.476. The van der Waals surface area contributed by atoms with Crippen LogP contribution in [0.4, 0.5) is 5.69 Å². The van der Waals surface area contributed by atoms with Crippen LogP contribution in [0.5, 0.6) is 5.75 Å². The van der Waals surface area contributed by atoms with Gasteiger partial charge in [-0.05, 0) is 42.9 Å². The highest BCUT2D eigenvalue weighted by Gasteiger charge is 2.38. The van der Waals surface area contributed by atoms with Gasteiger partial charge in [-0.2, -0.15) is 0 Å². The molecule has 1 aliphatic carbocycles. The summed E-state index contributed by atoms with van der Waals surface area (Å²) in [7, 11) is 0. The van der Waals surface area contributed by atoms with E-state index >= 15 is 0 Å². The first-order valence-electron chi connectivity index (χ1n) is 9.61. The number of rotatable bonds is 4. The van der Waals surface area contributed by atoms with E-state index in [2.05, 4.69) is 5.32 Å². The summed E-state index contributed by atoms with van der Waals surface area (Å²) in [6.07, 6.45) is 8.67. The van der Waals surface area contributed by atoms with Crippen LogP contribution in [0, 0.1) is 5.92 Å². The smallest absolute Gasteiger partial charge is 0.260 e. The number of ether oxygens (including phenoxy) is 1. The molecule has 1 aromatic rings. The topological polar surface area (TPSA) is 78.9 Å². The average Bonchev–Trinajstić information content (AvgIpc) is 3.08. The Morgan fingerprint density at radius 1 is 1.30 bits per heavy atom. The van der Waals surface area contributed by atoms with Crippen molar-refractivity contribution in [2.24, 2.45) is 5.92 Å². The third kappa shape index (κ3) is 3.64. The second-order valence-corrected chi connectivity index (χ2v) is 7.56. The lowest BCUT2D eigenvalue weighted by molar-refractivity contribution is 0.0644. The van der Waals surface area contributed by atoms with E-state index in [0.717, 1.165) is 0 Å². The van der Waals surface area contributed by atoms with Crippen molar-refractivity contribution in [1.82, 2.24) is 4.90 Å². The Balaban J connectivity index is 1.53. The van der Waals surface area contributed by atoms with Gasteiger partial charge in [0.05, 0.1) is 23.9 Å². The molecule has 1 aromatic carbocycles. The normalized spacial score (nSPS) is 24.9. The Kier molecular flexibility index (Phi) is 5.01. The van der Waals surface area contributed by atoms with E-state index in [9.17, 15) is 14.7 Å². The zero-order chi connectivity index (χ0) is 18.8. The summed E-state index contributed by atoms with van der Waals surface area (Å²) in [5.74, 6) is 2.83. The van der Waals surface area contributed by atoms with Gasteiger partial charge in [0.15, 0.2) is 0 Å². The number of amides is 1. The number of carbonyl (C=O) groups is 1. The van der Waals surface area contributed by atoms with Gasteiger partial charge < -0.3 is 20.1 Å². The van der Waals surface area contributed by atoms with Crippen molar-refractivity contribution in [2.45, 2.75) is 50.8 Å². The molecule has 1 unspecified atom stereocenters. The lowest BCUT2D eigenvalue weighted by Gasteiger charge is -2.24. The van der Waals surface area contributed by atoms with Gasteiger partial charge in [-0.1, -0.05) is 19.3 Å². The van der Waals surface area contributed by atoms with E-state index in [1.165, 1.54) is 43.1 Å². The van der Waals surface area contributed by atoms with Crippen molar-refractivity contribution in [1.29, 1.82) is 0 Å². The summed E-state index contributed by atoms with van der Waals surface area (Å²) < 4.78 is 5.96. The molecule has 0 bridgehead atoms. The minimum absolute atomic E-state index is 0.202. The maximum absolute atomic E-state index is 12.9. The number of nitrogens with zero attached hydrogens (tertiary/aromatic N) is 1. The number of benzene rings is 1. The van der Waals surface area contributed by atoms with E-state index in [1.54, 1.807) is 30.3 Å². The lowest BCUT2D eigenvalue weighted by Crippen LogP contribution is -2.42. The average molecular weight is 368 g/mol. The van der Waals surface area contributed by atoms with Crippen LogP contribution in [0.1, 0.15) is 48.9 Å². The minimum atomic E-state index is -0.933. The number of aliphatic hydroxyl groups excluding tert-OH is 1. The molecule has 2 N–H and O–H groups in total. The highest BCUT2D eigenvalue weighted by molar-refractivity contribution is 6.01. The van der Waals surface area contributed by atoms with Gasteiger partial charge in [0.25, 0.3) is 5.91 Å². The van der Waals surface area contributed by atoms with Crippen LogP contribution in [0.2, 0.25) is 0 Å². The Labute approximate surface area is 158 Å². The Bertz CT molecular complexity index is 806. The van der Waals surface area contributed by atoms with Crippen molar-refractivity contribution in [3.63, 3.8) is 0 Å². The molecule has 1 fully saturated rings. The number of carbonyl (C=O) groups excluding carboxylic acids is 2. The number of hydrogen-bond donors (Lipinski definition) is 2. The quantitative estimate of drug-likeness (QED) is 0.799. The summed E-state index contributed by atoms with van der Waals surface area (Å²) in [6, 6.07) is 4.88. The number of fused-ring (bicyclic) bond motifs is 2. The second kappa shape index (κ2) is 7.59. The number of allylic oxidation sites excluding steroid dienone is 1. The molecule has 1 amide bonds. The largest absolute Gasteiger partial charge is 0.493 e. The number of nitrogens with one attached hydrogen (secondary N) is 1. The summed E-state index contributed by atoms with van der Waals surface area (Å²) in [4.78, 5) is 25.0. The third-order valence-electron chi connectivity index (χ3n) is 5.69. The lowest BCUT2D eigenvalue weighted by atomic mass is 9.90. The van der Waals surface area contributed by atoms with Crippen LogP contribution in [-0.2, 0) is 4.79 Å². The van der Waals surface area contributed by atoms with Crippen LogP contribution < -0.4 is 10.1 Å². The van der Waals surface area contributed by atoms with Crippen molar-refractivity contribution in [2.75, 3.05) is 11.9 Å². The molecule has 1 saturated carbocycles. The molecule has 2 heterocycles. The van der Waals surface area contributed by atoms with Gasteiger partial charge in [0, 0.05) is 18.3 Å². The van der Waals surface area contributed by atoms with Crippen LogP contribution in [-0.4, -0.2) is 40.7 Å². The maximum atomic E-state index is 12.9. The third-order valence-corrected chi connectivity index (χ3v) is 5.69. The van der Waals surface area contributed by atoms with Crippen molar-refractivity contribution in [3.05, 3.63) is 41.6 Å². The maximum Gasteiger partial charge on any atom is 0.260 e. The molecule has 4 rings (SSSR count). The molecular weight excluding hydrogens is 344 g/mol. The zero-order valence-electron chi connectivity index (χ0n) is 15.2. The first-order valence-corrected chi connectivity index (χ1v) is 9.61. The molecule has 0 saturated heterocycles. The molecule has 142 valence electrons. The summed E-state index contributed by atoms with van der Waals surface area (Å²) >= 11 is 0. The van der Waals surface area contributed by atoms with Gasteiger partial charge in [0.1, 0.15) is 17.9 Å². The van der Waals surface area contributed by atoms with Crippen molar-refractivity contribution < 1.29 is 19.4 Å². The van der Waals surface area contributed by atoms with E-state index in [-0.39, 0.29) is 5.91 Å². The van der Waals surface area contributed by atoms with Crippen LogP contribution >= 0.6 is 0 Å². The Morgan fingerprint density at radius 3 is 2.89 bits per heavy atom. The molecule has 2 atom stereocenters. The fourth-order valence-corrected chi connectivity index (χ4v) is 4.19. The van der Waals surface area contributed by atoms with Gasteiger partial charge in [-0.3, -0.25) is 4.79 Å². The van der Waals surface area contributed by atoms with Crippen LogP contribution in [0.3, 0.4) is 0 Å². The number of anilines is 1. The van der Waals surface area contributed by atoms with Crippen molar-refractivity contribution >= 4 is 17.5 Å². The minimum Gasteiger partial charge on any atom is -0.493 e. The molecule has 0 radical (unpaired) electrons. The molecule has 6 heteroatoms. The highest BCUT2D eigenvalue weighted by atomic mass is 16.5. The molecule has 2 aliphatic heterocycles. The second-order valence-electron chi connectivity index (χ2n) is 7.56. The molecule has 3 aliphatic rings. The summed E-state index contributed by atoms with van der Waals surface area (Å²) in [5, 5.41) is 13.6. The van der Waals surface area contributed by atoms with Crippen LogP contribution in [0.25, 0.3) is 0 Å². The van der Waals surface area contributed by atoms with E-state index in [4.69, 9.17) is 4.74 Å². The van der Waals surface area contributed by atoms with Gasteiger partial charge >= 0.3 is 0 Å². The van der Waals surface area contributed by atoms with E-state index in [1.807, 2.05) is 0 Å². The SMILES string of the molecule is O=C=CC1=CN2C(=O)c3ccc(OCC4CCCCC4)cc3N[C@@H](O)C2C1. The predicted octanol–water partition coefficient (Wildman–Crippen LogP) is 2.88. The first kappa shape index (κ1) is 17.8. The van der Waals surface area contributed by atoms with Gasteiger partial charge in [-0.25, -0.2) is 4.79 Å². The Hall–Kier alpha value is -2.56. The standard InChI is InChI=1S/C21H24N2O4/c24-9-8-15-10-19-20(25)22-18-11-16(27-13-14-4-2-1-3-5-14)6-7-17(18)21(26)23(19)12-15/h6-8,11-12,14,19-20,22,25H,1-5,10,13H2/t19?,20-/m0/s1. The van der Waals surface area contributed by atoms with Crippen LogP contribution in [0.15, 0.2) is 36.0 Å². The molecule has 0 aromatic heterocycles. The summed E-state index contributed by atoms with van der Waals surface area (Å²) in [5.41, 5.74) is 1.73. The number of aliphatic hydroxyl groups is 1. The van der Waals surface area contributed by atoms with E-state index in [0.29, 0.717) is 41.5 Å². The number of hydrogen-bond acceptors (Lipinski definition) is 5. The van der Waals surface area contributed by atoms with E-state index < -0.39 is 12.3 Å². The van der Waals surface area contributed by atoms with Crippen molar-refractivity contribution in [3.8, 4) is 5.75 Å². The summed E-state index contributed by atoms with van der Waals surface area (Å²) in [6.45, 7) is 0.689. The molecule has 27 heavy (non-hydrogen) atoms. The molecular formula is C21H24N2O4. The predicted molar refractivity (Wildman–Crippen MR) is 101 cm³/mol. The zero-order valence-corrected chi connectivity index (χ0v) is 15.2. The van der Waals surface area contributed by atoms with Gasteiger partial charge in [-0.15, -0.1) is 0 Å². The highest BCUT2D eigenvalue weighted by Crippen LogP contribution is 2.34. The molecule has 6 nitrogen and oxygen atoms in total. The van der Waals surface area contributed by atoms with Gasteiger partial charge in [0.2, 0.25) is 0 Å². The Morgan fingerprint density at radius 2 is 2.11 bits per heavy atom. The molecule has 0 spiro atoms. The monoisotopic (exact) mass is 368 g/mol.